The van der Waals surface area contributed by atoms with Gasteiger partial charge in [0.15, 0.2) is 0 Å². The average Bonchev–Trinajstić information content (AvgIpc) is 2.33. The fraction of sp³-hybridized carbons (Fsp3) is 0.571. The Hall–Kier alpha value is -1.37. The largest absolute Gasteiger partial charge is 0.485 e. The second kappa shape index (κ2) is 6.17. The second-order valence-electron chi connectivity index (χ2n) is 5.93. The van der Waals surface area contributed by atoms with Gasteiger partial charge in [0.05, 0.1) is 11.0 Å². The number of fused-ring (bicyclic) bond motifs is 1. The molecule has 118 valence electrons. The summed E-state index contributed by atoms with van der Waals surface area (Å²) in [6.07, 6.45) is -0.792. The number of benzene rings is 1. The Kier molecular flexibility index (Phi) is 5.20. The van der Waals surface area contributed by atoms with Gasteiger partial charge in [0.25, 0.3) is 5.69 Å². The maximum absolute atomic E-state index is 10.9. The van der Waals surface area contributed by atoms with Crippen LogP contribution in [-0.2, 0) is 0 Å². The highest BCUT2D eigenvalue weighted by Gasteiger charge is 2.43. The molecule has 7 heteroatoms. The number of aliphatic hydroxyl groups excluding tert-OH is 1. The molecule has 0 bridgehead atoms. The quantitative estimate of drug-likeness (QED) is 0.661. The maximum atomic E-state index is 10.9. The highest BCUT2D eigenvalue weighted by molar-refractivity contribution is 5.85. The second-order valence-corrected chi connectivity index (χ2v) is 5.93. The summed E-state index contributed by atoms with van der Waals surface area (Å²) >= 11 is 0. The van der Waals surface area contributed by atoms with Crippen molar-refractivity contribution < 1.29 is 14.8 Å². The number of hydrogen-bond acceptors (Lipinski definition) is 5. The number of halogens is 1. The third-order valence-electron chi connectivity index (χ3n) is 3.45. The van der Waals surface area contributed by atoms with Gasteiger partial charge in [-0.1, -0.05) is 13.8 Å². The highest BCUT2D eigenvalue weighted by Crippen LogP contribution is 2.41. The molecule has 0 spiro atoms. The number of nitrogens with zero attached hydrogens (tertiary/aromatic N) is 1. The normalized spacial score (nSPS) is 23.0. The van der Waals surface area contributed by atoms with Gasteiger partial charge in [0.2, 0.25) is 0 Å². The first-order valence-corrected chi connectivity index (χ1v) is 6.64. The first-order valence-electron chi connectivity index (χ1n) is 6.64. The molecule has 0 unspecified atom stereocenters. The van der Waals surface area contributed by atoms with Crippen LogP contribution < -0.4 is 10.1 Å². The topological polar surface area (TPSA) is 84.6 Å². The van der Waals surface area contributed by atoms with E-state index in [4.69, 9.17) is 4.74 Å². The standard InChI is InChI=1S/C14H20N2O4.ClH/c1-8(2)15-12-10-7-9(16(18)19)5-6-11(10)20-14(3,4)13(12)17;/h5-8,12-13,15,17H,1-4H3;1H/t12-,13+;/m1./s1. The fourth-order valence-corrected chi connectivity index (χ4v) is 2.44. The number of nitro groups is 1. The van der Waals surface area contributed by atoms with E-state index in [1.165, 1.54) is 12.1 Å². The lowest BCUT2D eigenvalue weighted by Gasteiger charge is -2.43. The van der Waals surface area contributed by atoms with E-state index in [1.807, 2.05) is 13.8 Å². The Morgan fingerprint density at radius 1 is 1.43 bits per heavy atom. The number of non-ortho nitro benzene ring substituents is 1. The predicted molar refractivity (Wildman–Crippen MR) is 82.1 cm³/mol. The Bertz CT molecular complexity index is 534. The van der Waals surface area contributed by atoms with E-state index in [1.54, 1.807) is 19.9 Å². The van der Waals surface area contributed by atoms with Gasteiger partial charge in [-0.25, -0.2) is 0 Å². The van der Waals surface area contributed by atoms with Gasteiger partial charge in [-0.2, -0.15) is 0 Å². The van der Waals surface area contributed by atoms with Crippen LogP contribution in [0.2, 0.25) is 0 Å². The molecule has 6 nitrogen and oxygen atoms in total. The molecule has 21 heavy (non-hydrogen) atoms. The summed E-state index contributed by atoms with van der Waals surface area (Å²) < 4.78 is 5.77. The predicted octanol–water partition coefficient (Wildman–Crippen LogP) is 2.59. The molecule has 0 aromatic heterocycles. The SMILES string of the molecule is CC(C)N[C@@H]1c2cc([N+](=O)[O-])ccc2OC(C)(C)[C@H]1O.Cl. The third-order valence-corrected chi connectivity index (χ3v) is 3.45. The zero-order valence-electron chi connectivity index (χ0n) is 12.5. The third kappa shape index (κ3) is 3.45. The number of nitrogens with one attached hydrogen (secondary N) is 1. The molecule has 1 aromatic carbocycles. The zero-order chi connectivity index (χ0) is 15.1. The van der Waals surface area contributed by atoms with E-state index < -0.39 is 22.7 Å². The number of hydrogen-bond donors (Lipinski definition) is 2. The van der Waals surface area contributed by atoms with Crippen molar-refractivity contribution in [1.82, 2.24) is 5.32 Å². The molecule has 0 saturated carbocycles. The molecule has 0 amide bonds. The highest BCUT2D eigenvalue weighted by atomic mass is 35.5. The molecular weight excluding hydrogens is 296 g/mol. The summed E-state index contributed by atoms with van der Waals surface area (Å²) in [6, 6.07) is 4.22. The lowest BCUT2D eigenvalue weighted by atomic mass is 9.86. The molecule has 1 aromatic rings. The van der Waals surface area contributed by atoms with Crippen molar-refractivity contribution >= 4 is 18.1 Å². The Morgan fingerprint density at radius 2 is 2.05 bits per heavy atom. The Balaban J connectivity index is 0.00000220. The molecule has 1 aliphatic rings. The van der Waals surface area contributed by atoms with Crippen LogP contribution in [0.4, 0.5) is 5.69 Å². The summed E-state index contributed by atoms with van der Waals surface area (Å²) in [4.78, 5) is 10.5. The van der Waals surface area contributed by atoms with Crippen LogP contribution in [0.3, 0.4) is 0 Å². The van der Waals surface area contributed by atoms with Crippen molar-refractivity contribution in [3.8, 4) is 5.75 Å². The first kappa shape index (κ1) is 17.7. The van der Waals surface area contributed by atoms with Crippen LogP contribution in [0.15, 0.2) is 18.2 Å². The van der Waals surface area contributed by atoms with Crippen LogP contribution in [-0.4, -0.2) is 27.8 Å². The number of nitro benzene ring substituents is 1. The molecule has 0 radical (unpaired) electrons. The summed E-state index contributed by atoms with van der Waals surface area (Å²) in [7, 11) is 0. The summed E-state index contributed by atoms with van der Waals surface area (Å²) in [5.41, 5.74) is -0.134. The van der Waals surface area contributed by atoms with Crippen molar-refractivity contribution in [3.63, 3.8) is 0 Å². The van der Waals surface area contributed by atoms with Gasteiger partial charge in [-0.05, 0) is 19.9 Å². The van der Waals surface area contributed by atoms with Crippen molar-refractivity contribution in [2.75, 3.05) is 0 Å². The van der Waals surface area contributed by atoms with Crippen molar-refractivity contribution in [3.05, 3.63) is 33.9 Å². The summed E-state index contributed by atoms with van der Waals surface area (Å²) in [5.74, 6) is 0.573. The molecule has 0 saturated heterocycles. The minimum absolute atomic E-state index is 0. The van der Waals surface area contributed by atoms with Gasteiger partial charge in [0.1, 0.15) is 17.5 Å². The molecule has 1 heterocycles. The smallest absolute Gasteiger partial charge is 0.270 e. The van der Waals surface area contributed by atoms with Gasteiger partial charge in [-0.15, -0.1) is 12.4 Å². The number of aliphatic hydroxyl groups is 1. The Morgan fingerprint density at radius 3 is 2.57 bits per heavy atom. The zero-order valence-corrected chi connectivity index (χ0v) is 13.3. The molecular formula is C14H21ClN2O4. The van der Waals surface area contributed by atoms with E-state index in [-0.39, 0.29) is 24.1 Å². The fourth-order valence-electron chi connectivity index (χ4n) is 2.44. The molecule has 0 fully saturated rings. The van der Waals surface area contributed by atoms with Crippen molar-refractivity contribution in [2.45, 2.75) is 51.5 Å². The number of ether oxygens (including phenoxy) is 1. The maximum Gasteiger partial charge on any atom is 0.270 e. The molecule has 2 atom stereocenters. The van der Waals surface area contributed by atoms with E-state index in [0.717, 1.165) is 0 Å². The van der Waals surface area contributed by atoms with Gasteiger partial charge in [0, 0.05) is 23.7 Å². The van der Waals surface area contributed by atoms with Crippen molar-refractivity contribution in [1.29, 1.82) is 0 Å². The van der Waals surface area contributed by atoms with E-state index in [0.29, 0.717) is 11.3 Å². The lowest BCUT2D eigenvalue weighted by Crippen LogP contribution is -2.53. The monoisotopic (exact) mass is 316 g/mol. The van der Waals surface area contributed by atoms with Crippen LogP contribution in [0.25, 0.3) is 0 Å². The van der Waals surface area contributed by atoms with Crippen LogP contribution >= 0.6 is 12.4 Å². The first-order chi connectivity index (χ1) is 9.22. The molecule has 0 aliphatic carbocycles. The summed E-state index contributed by atoms with van der Waals surface area (Å²) in [6.45, 7) is 7.53. The van der Waals surface area contributed by atoms with Gasteiger partial charge in [-0.3, -0.25) is 10.1 Å². The van der Waals surface area contributed by atoms with Gasteiger partial charge < -0.3 is 15.2 Å². The van der Waals surface area contributed by atoms with Crippen LogP contribution in [0.1, 0.15) is 39.3 Å². The van der Waals surface area contributed by atoms with Gasteiger partial charge >= 0.3 is 0 Å². The number of rotatable bonds is 3. The van der Waals surface area contributed by atoms with Crippen LogP contribution in [0, 0.1) is 10.1 Å². The average molecular weight is 317 g/mol. The van der Waals surface area contributed by atoms with Crippen LogP contribution in [0.5, 0.6) is 5.75 Å². The lowest BCUT2D eigenvalue weighted by molar-refractivity contribution is -0.385. The summed E-state index contributed by atoms with van der Waals surface area (Å²) in [5, 5.41) is 24.6. The van der Waals surface area contributed by atoms with Crippen molar-refractivity contribution in [2.24, 2.45) is 0 Å². The van der Waals surface area contributed by atoms with E-state index in [2.05, 4.69) is 5.32 Å². The van der Waals surface area contributed by atoms with E-state index >= 15 is 0 Å². The minimum Gasteiger partial charge on any atom is -0.485 e. The molecule has 2 N–H and O–H groups in total. The van der Waals surface area contributed by atoms with E-state index in [9.17, 15) is 15.2 Å². The Labute approximate surface area is 130 Å². The molecule has 2 rings (SSSR count). The molecule has 1 aliphatic heterocycles. The minimum atomic E-state index is -0.792.